The number of aromatic amines is 1. The minimum Gasteiger partial charge on any atom is -0.477 e. The van der Waals surface area contributed by atoms with Gasteiger partial charge in [0.05, 0.1) is 17.3 Å². The van der Waals surface area contributed by atoms with Crippen LogP contribution in [0.3, 0.4) is 0 Å². The monoisotopic (exact) mass is 710 g/mol. The molecule has 0 amide bonds. The van der Waals surface area contributed by atoms with E-state index in [1.165, 1.54) is 17.5 Å². The molecule has 0 spiro atoms. The Morgan fingerprint density at radius 3 is 2.25 bits per heavy atom. The van der Waals surface area contributed by atoms with Gasteiger partial charge in [-0.1, -0.05) is 55.6 Å². The number of aromatic carboxylic acids is 2. The lowest BCUT2D eigenvalue weighted by Crippen LogP contribution is -2.18. The second-order valence-corrected chi connectivity index (χ2v) is 11.7. The predicted molar refractivity (Wildman–Crippen MR) is 167 cm³/mol. The molecule has 5 aromatic rings. The molecule has 9 nitrogen and oxygen atoms in total. The van der Waals surface area contributed by atoms with Crippen LogP contribution in [0.2, 0.25) is 5.02 Å². The summed E-state index contributed by atoms with van der Waals surface area (Å²) in [6.07, 6.45) is 4.15. The molecule has 0 bridgehead atoms. The Labute approximate surface area is 255 Å². The number of nitrogens with one attached hydrogen (secondary N) is 1. The number of pyridine rings is 1. The fourth-order valence-electron chi connectivity index (χ4n) is 3.26. The molecule has 1 unspecified atom stereocenters. The molecular formula is C27H25Br2ClN4O5S. The molecule has 6 rings (SSSR count). The van der Waals surface area contributed by atoms with Gasteiger partial charge in [-0.05, 0) is 54.3 Å². The number of rotatable bonds is 2. The van der Waals surface area contributed by atoms with Gasteiger partial charge in [-0.25, -0.2) is 9.59 Å². The summed E-state index contributed by atoms with van der Waals surface area (Å²) < 4.78 is 7.82. The van der Waals surface area contributed by atoms with E-state index in [4.69, 9.17) is 38.0 Å². The highest BCUT2D eigenvalue weighted by Crippen LogP contribution is 2.28. The van der Waals surface area contributed by atoms with Gasteiger partial charge in [-0.2, -0.15) is 0 Å². The van der Waals surface area contributed by atoms with E-state index in [0.717, 1.165) is 49.6 Å². The summed E-state index contributed by atoms with van der Waals surface area (Å²) in [5, 5.41) is 19.9. The van der Waals surface area contributed by atoms with Crippen LogP contribution in [-0.2, 0) is 4.74 Å². The Bertz CT molecular complexity index is 1490. The molecule has 0 aliphatic carbocycles. The van der Waals surface area contributed by atoms with Gasteiger partial charge in [-0.3, -0.25) is 4.98 Å². The standard InChI is InChI=1S/C9H6BrNO2.C9H5BrO2S.C5H5ClN2.C4H9NO/c10-6-2-1-5-3-8(9(12)13)11-7(5)4-6;10-6-2-1-5-3-8(9(11)12)13-7(5)4-6;6-4-3-8-2-1-5(4)7;5-4-1-2-6-3-4/h1-4,11H,(H,12,13);1-4H,(H,11,12);1-3H,(H2,7,8);4H,1-3,5H2. The normalized spacial score (nSPS) is 13.8. The average Bonchev–Trinajstić information content (AvgIpc) is 3.66. The third-order valence-corrected chi connectivity index (χ3v) is 7.66. The number of thiophene rings is 1. The Morgan fingerprint density at radius 2 is 1.73 bits per heavy atom. The van der Waals surface area contributed by atoms with Crippen molar-refractivity contribution < 1.29 is 24.5 Å². The van der Waals surface area contributed by atoms with Crippen LogP contribution in [0.4, 0.5) is 5.69 Å². The number of hydrogen-bond acceptors (Lipinski definition) is 7. The van der Waals surface area contributed by atoms with Crippen molar-refractivity contribution in [3.63, 3.8) is 0 Å². The number of anilines is 1. The minimum atomic E-state index is -0.938. The zero-order valence-corrected chi connectivity index (χ0v) is 25.6. The van der Waals surface area contributed by atoms with E-state index in [1.54, 1.807) is 24.4 Å². The second-order valence-electron chi connectivity index (χ2n) is 8.34. The van der Waals surface area contributed by atoms with Crippen molar-refractivity contribution in [1.82, 2.24) is 9.97 Å². The summed E-state index contributed by atoms with van der Waals surface area (Å²) in [5.74, 6) is -1.80. The van der Waals surface area contributed by atoms with Crippen molar-refractivity contribution in [3.8, 4) is 0 Å². The van der Waals surface area contributed by atoms with Crippen molar-refractivity contribution in [1.29, 1.82) is 0 Å². The number of halogens is 3. The Kier molecular flexibility index (Phi) is 11.9. The topological polar surface area (TPSA) is 165 Å². The summed E-state index contributed by atoms with van der Waals surface area (Å²) in [5.41, 5.74) is 12.4. The number of nitrogen functional groups attached to an aromatic ring is 1. The highest BCUT2D eigenvalue weighted by atomic mass is 79.9. The number of aromatic nitrogens is 2. The molecule has 1 saturated heterocycles. The molecule has 4 heterocycles. The first-order valence-corrected chi connectivity index (χ1v) is 14.4. The van der Waals surface area contributed by atoms with Crippen LogP contribution >= 0.6 is 54.8 Å². The maximum atomic E-state index is 10.7. The van der Waals surface area contributed by atoms with E-state index in [0.29, 0.717) is 21.6 Å². The minimum absolute atomic E-state index is 0.216. The fraction of sp³-hybridized carbons (Fsp3) is 0.148. The first-order chi connectivity index (χ1) is 19.0. The molecule has 1 aliphatic heterocycles. The smallest absolute Gasteiger partial charge is 0.352 e. The number of nitrogens with two attached hydrogens (primary N) is 2. The third kappa shape index (κ3) is 9.58. The fourth-order valence-corrected chi connectivity index (χ4v) is 5.20. The number of hydrogen-bond donors (Lipinski definition) is 5. The van der Waals surface area contributed by atoms with Crippen molar-refractivity contribution in [2.45, 2.75) is 12.5 Å². The number of benzene rings is 2. The van der Waals surface area contributed by atoms with Gasteiger partial charge >= 0.3 is 11.9 Å². The lowest BCUT2D eigenvalue weighted by Gasteiger charge is -1.90. The summed E-state index contributed by atoms with van der Waals surface area (Å²) >= 11 is 13.5. The van der Waals surface area contributed by atoms with Gasteiger partial charge in [-0.15, -0.1) is 11.3 Å². The molecule has 3 aromatic heterocycles. The molecule has 1 aliphatic rings. The van der Waals surface area contributed by atoms with Crippen molar-refractivity contribution in [2.75, 3.05) is 18.9 Å². The largest absolute Gasteiger partial charge is 0.477 e. The summed E-state index contributed by atoms with van der Waals surface area (Å²) in [4.78, 5) is 28.2. The highest BCUT2D eigenvalue weighted by Gasteiger charge is 2.09. The first-order valence-electron chi connectivity index (χ1n) is 11.7. The Hall–Kier alpha value is -3.00. The predicted octanol–water partition coefficient (Wildman–Crippen LogP) is 7.04. The lowest BCUT2D eigenvalue weighted by molar-refractivity contribution is 0.0685. The van der Waals surface area contributed by atoms with Crippen LogP contribution in [0, 0.1) is 0 Å². The zero-order valence-electron chi connectivity index (χ0n) is 20.8. The number of ether oxygens (including phenoxy) is 1. The SMILES string of the molecule is NC1CCOC1.Nc1ccncc1Cl.O=C(O)c1cc2ccc(Br)cc2[nH]1.O=C(O)c1cc2ccc(Br)cc2s1. The van der Waals surface area contributed by atoms with Gasteiger partial charge in [0.15, 0.2) is 0 Å². The molecule has 1 fully saturated rings. The van der Waals surface area contributed by atoms with Crippen LogP contribution in [-0.4, -0.2) is 51.4 Å². The molecule has 13 heteroatoms. The third-order valence-electron chi connectivity index (χ3n) is 5.28. The van der Waals surface area contributed by atoms with E-state index >= 15 is 0 Å². The Balaban J connectivity index is 0.000000154. The van der Waals surface area contributed by atoms with E-state index in [-0.39, 0.29) is 5.69 Å². The number of fused-ring (bicyclic) bond motifs is 2. The summed E-state index contributed by atoms with van der Waals surface area (Å²) in [6, 6.07) is 16.6. The number of carbonyl (C=O) groups is 2. The van der Waals surface area contributed by atoms with Crippen molar-refractivity contribution in [3.05, 3.63) is 91.5 Å². The molecular weight excluding hydrogens is 688 g/mol. The summed E-state index contributed by atoms with van der Waals surface area (Å²) in [6.45, 7) is 1.63. The summed E-state index contributed by atoms with van der Waals surface area (Å²) in [7, 11) is 0. The number of carboxylic acids is 2. The second kappa shape index (κ2) is 15.1. The molecule has 1 atom stereocenters. The molecule has 210 valence electrons. The van der Waals surface area contributed by atoms with Crippen molar-refractivity contribution in [2.24, 2.45) is 5.73 Å². The number of H-pyrrole nitrogens is 1. The number of nitrogens with zero attached hydrogens (tertiary/aromatic N) is 1. The van der Waals surface area contributed by atoms with Gasteiger partial charge in [0.2, 0.25) is 0 Å². The molecule has 40 heavy (non-hydrogen) atoms. The van der Waals surface area contributed by atoms with Gasteiger partial charge in [0, 0.05) is 49.6 Å². The number of carboxylic acid groups (broad SMARTS) is 2. The van der Waals surface area contributed by atoms with E-state index in [1.807, 2.05) is 36.4 Å². The van der Waals surface area contributed by atoms with Gasteiger partial charge in [0.25, 0.3) is 0 Å². The van der Waals surface area contributed by atoms with E-state index < -0.39 is 11.9 Å². The van der Waals surface area contributed by atoms with Gasteiger partial charge in [0.1, 0.15) is 10.6 Å². The molecule has 0 saturated carbocycles. The van der Waals surface area contributed by atoms with Crippen molar-refractivity contribution >= 4 is 93.4 Å². The highest BCUT2D eigenvalue weighted by molar-refractivity contribution is 9.10. The van der Waals surface area contributed by atoms with E-state index in [2.05, 4.69) is 41.8 Å². The zero-order chi connectivity index (χ0) is 29.2. The Morgan fingerprint density at radius 1 is 1.02 bits per heavy atom. The maximum Gasteiger partial charge on any atom is 0.352 e. The van der Waals surface area contributed by atoms with Crippen LogP contribution in [0.25, 0.3) is 21.0 Å². The molecule has 0 radical (unpaired) electrons. The molecule has 7 N–H and O–H groups in total. The quantitative estimate of drug-likeness (QED) is 0.130. The van der Waals surface area contributed by atoms with Crippen LogP contribution in [0.5, 0.6) is 0 Å². The lowest BCUT2D eigenvalue weighted by atomic mass is 10.2. The maximum absolute atomic E-state index is 10.7. The molecule has 2 aromatic carbocycles. The first kappa shape index (κ1) is 31.5. The average molecular weight is 713 g/mol. The van der Waals surface area contributed by atoms with Crippen LogP contribution < -0.4 is 11.5 Å². The van der Waals surface area contributed by atoms with Crippen LogP contribution in [0.15, 0.2) is 75.9 Å². The van der Waals surface area contributed by atoms with E-state index in [9.17, 15) is 9.59 Å². The van der Waals surface area contributed by atoms with Gasteiger partial charge < -0.3 is 31.4 Å². The van der Waals surface area contributed by atoms with Crippen LogP contribution in [0.1, 0.15) is 26.6 Å².